The highest BCUT2D eigenvalue weighted by atomic mass is 16.7. The van der Waals surface area contributed by atoms with E-state index in [0.29, 0.717) is 0 Å². The van der Waals surface area contributed by atoms with Crippen molar-refractivity contribution in [3.05, 3.63) is 35.9 Å². The Morgan fingerprint density at radius 1 is 1.20 bits per heavy atom. The van der Waals surface area contributed by atoms with Crippen LogP contribution in [0.1, 0.15) is 11.7 Å². The number of rotatable bonds is 1. The van der Waals surface area contributed by atoms with Gasteiger partial charge in [0.05, 0.1) is 12.6 Å². The van der Waals surface area contributed by atoms with Crippen molar-refractivity contribution in [1.82, 2.24) is 0 Å². The average Bonchev–Trinajstić information content (AvgIpc) is 2.23. The number of nitrogens with two attached hydrogens (primary N) is 3. The fraction of sp³-hybridized carbons (Fsp3) is 0.400. The number of hydrogen-bond acceptors (Lipinski definition) is 5. The van der Waals surface area contributed by atoms with Gasteiger partial charge in [-0.2, -0.15) is 0 Å². The molecule has 6 N–H and O–H groups in total. The Balaban J connectivity index is 2.20. The fourth-order valence-electron chi connectivity index (χ4n) is 1.59. The molecule has 2 atom stereocenters. The van der Waals surface area contributed by atoms with Gasteiger partial charge in [0.2, 0.25) is 0 Å². The monoisotopic (exact) mass is 209 g/mol. The number of benzene rings is 1. The third-order valence-electron chi connectivity index (χ3n) is 2.33. The second-order valence-electron chi connectivity index (χ2n) is 3.65. The standard InChI is InChI=1S/C10H15N3O2/c11-8-6-14-10(12,13)15-9(8)7-4-2-1-3-5-7/h1-5,8-9H,6,11-13H2. The van der Waals surface area contributed by atoms with E-state index in [0.717, 1.165) is 5.56 Å². The van der Waals surface area contributed by atoms with Gasteiger partial charge in [0.25, 0.3) is 6.03 Å². The molecule has 15 heavy (non-hydrogen) atoms. The predicted molar refractivity (Wildman–Crippen MR) is 55.3 cm³/mol. The van der Waals surface area contributed by atoms with Crippen molar-refractivity contribution < 1.29 is 9.47 Å². The van der Waals surface area contributed by atoms with Crippen molar-refractivity contribution in [1.29, 1.82) is 0 Å². The molecule has 1 aromatic rings. The summed E-state index contributed by atoms with van der Waals surface area (Å²) in [5.74, 6) is 0. The summed E-state index contributed by atoms with van der Waals surface area (Å²) >= 11 is 0. The van der Waals surface area contributed by atoms with Crippen molar-refractivity contribution in [3.8, 4) is 0 Å². The molecule has 1 aliphatic heterocycles. The lowest BCUT2D eigenvalue weighted by molar-refractivity contribution is -0.295. The Hall–Kier alpha value is -0.980. The highest BCUT2D eigenvalue weighted by Crippen LogP contribution is 2.27. The van der Waals surface area contributed by atoms with Crippen LogP contribution >= 0.6 is 0 Å². The maximum absolute atomic E-state index is 5.87. The lowest BCUT2D eigenvalue weighted by Crippen LogP contribution is -2.61. The van der Waals surface area contributed by atoms with E-state index in [2.05, 4.69) is 0 Å². The van der Waals surface area contributed by atoms with Crippen LogP contribution in [0.2, 0.25) is 0 Å². The van der Waals surface area contributed by atoms with E-state index in [1.165, 1.54) is 0 Å². The number of ether oxygens (including phenoxy) is 2. The maximum Gasteiger partial charge on any atom is 0.287 e. The van der Waals surface area contributed by atoms with Crippen LogP contribution in [0.15, 0.2) is 30.3 Å². The molecule has 1 aromatic carbocycles. The van der Waals surface area contributed by atoms with Crippen molar-refractivity contribution in [2.24, 2.45) is 17.2 Å². The molecule has 0 aromatic heterocycles. The fourth-order valence-corrected chi connectivity index (χ4v) is 1.59. The molecule has 5 heteroatoms. The molecule has 5 nitrogen and oxygen atoms in total. The van der Waals surface area contributed by atoms with Gasteiger partial charge in [-0.15, -0.1) is 0 Å². The molecule has 2 rings (SSSR count). The minimum Gasteiger partial charge on any atom is -0.323 e. The Labute approximate surface area is 88.1 Å². The third-order valence-corrected chi connectivity index (χ3v) is 2.33. The summed E-state index contributed by atoms with van der Waals surface area (Å²) in [6.07, 6.45) is -0.324. The molecule has 2 unspecified atom stereocenters. The Morgan fingerprint density at radius 2 is 1.87 bits per heavy atom. The lowest BCUT2D eigenvalue weighted by Gasteiger charge is -2.38. The minimum atomic E-state index is -1.55. The molecule has 0 amide bonds. The summed E-state index contributed by atoms with van der Waals surface area (Å²) in [6.45, 7) is 0.284. The van der Waals surface area contributed by atoms with Crippen LogP contribution in [0.3, 0.4) is 0 Å². The quantitative estimate of drug-likeness (QED) is 0.548. The van der Waals surface area contributed by atoms with E-state index in [1.807, 2.05) is 30.3 Å². The van der Waals surface area contributed by atoms with Gasteiger partial charge in [-0.1, -0.05) is 30.3 Å². The van der Waals surface area contributed by atoms with Crippen molar-refractivity contribution in [3.63, 3.8) is 0 Å². The normalized spacial score (nSPS) is 30.1. The zero-order chi connectivity index (χ0) is 10.9. The molecule has 1 fully saturated rings. The molecule has 1 saturated heterocycles. The SMILES string of the molecule is NC1COC(N)(N)OC1c1ccccc1. The first-order valence-corrected chi connectivity index (χ1v) is 4.78. The lowest BCUT2D eigenvalue weighted by atomic mass is 10.0. The molecule has 0 radical (unpaired) electrons. The Morgan fingerprint density at radius 3 is 2.53 bits per heavy atom. The Bertz CT molecular complexity index is 329. The largest absolute Gasteiger partial charge is 0.323 e. The highest BCUT2D eigenvalue weighted by Gasteiger charge is 2.36. The minimum absolute atomic E-state index is 0.257. The highest BCUT2D eigenvalue weighted by molar-refractivity contribution is 5.19. The van der Waals surface area contributed by atoms with Crippen LogP contribution < -0.4 is 17.2 Å². The molecular formula is C10H15N3O2. The Kier molecular flexibility index (Phi) is 2.72. The summed E-state index contributed by atoms with van der Waals surface area (Å²) in [6, 6.07) is 7.79. The first kappa shape index (κ1) is 10.5. The predicted octanol–water partition coefficient (Wildman–Crippen LogP) is -0.369. The van der Waals surface area contributed by atoms with Gasteiger partial charge in [-0.05, 0) is 5.56 Å². The van der Waals surface area contributed by atoms with Crippen LogP contribution in [-0.2, 0) is 9.47 Å². The molecule has 0 bridgehead atoms. The molecule has 0 spiro atoms. The smallest absolute Gasteiger partial charge is 0.287 e. The van der Waals surface area contributed by atoms with E-state index in [1.54, 1.807) is 0 Å². The molecule has 0 saturated carbocycles. The zero-order valence-electron chi connectivity index (χ0n) is 8.30. The molecule has 1 heterocycles. The molecular weight excluding hydrogens is 194 g/mol. The van der Waals surface area contributed by atoms with E-state index in [-0.39, 0.29) is 18.8 Å². The summed E-state index contributed by atoms with van der Waals surface area (Å²) in [5.41, 5.74) is 17.9. The molecule has 1 aliphatic rings. The van der Waals surface area contributed by atoms with Crippen LogP contribution in [0.5, 0.6) is 0 Å². The van der Waals surface area contributed by atoms with E-state index >= 15 is 0 Å². The van der Waals surface area contributed by atoms with Crippen molar-refractivity contribution in [2.45, 2.75) is 18.2 Å². The van der Waals surface area contributed by atoms with E-state index in [4.69, 9.17) is 26.7 Å². The van der Waals surface area contributed by atoms with Gasteiger partial charge in [0.1, 0.15) is 6.10 Å². The van der Waals surface area contributed by atoms with Crippen LogP contribution in [0, 0.1) is 0 Å². The van der Waals surface area contributed by atoms with Gasteiger partial charge in [0.15, 0.2) is 0 Å². The third kappa shape index (κ3) is 2.34. The first-order valence-electron chi connectivity index (χ1n) is 4.78. The second-order valence-corrected chi connectivity index (χ2v) is 3.65. The van der Waals surface area contributed by atoms with Crippen LogP contribution in [0.25, 0.3) is 0 Å². The topological polar surface area (TPSA) is 96.5 Å². The summed E-state index contributed by atoms with van der Waals surface area (Å²) in [4.78, 5) is 0. The van der Waals surface area contributed by atoms with Crippen molar-refractivity contribution in [2.75, 3.05) is 6.61 Å². The second kappa shape index (κ2) is 3.88. The summed E-state index contributed by atoms with van der Waals surface area (Å²) in [5, 5.41) is 0. The van der Waals surface area contributed by atoms with Gasteiger partial charge in [0, 0.05) is 0 Å². The van der Waals surface area contributed by atoms with E-state index in [9.17, 15) is 0 Å². The van der Waals surface area contributed by atoms with Crippen LogP contribution in [0.4, 0.5) is 0 Å². The van der Waals surface area contributed by atoms with Gasteiger partial charge >= 0.3 is 0 Å². The molecule has 82 valence electrons. The van der Waals surface area contributed by atoms with Gasteiger partial charge in [-0.3, -0.25) is 11.5 Å². The number of hydrogen-bond donors (Lipinski definition) is 3. The first-order chi connectivity index (χ1) is 7.08. The summed E-state index contributed by atoms with van der Waals surface area (Å²) in [7, 11) is 0. The van der Waals surface area contributed by atoms with Gasteiger partial charge < -0.3 is 15.2 Å². The van der Waals surface area contributed by atoms with Crippen LogP contribution in [-0.4, -0.2) is 18.7 Å². The maximum atomic E-state index is 5.87. The van der Waals surface area contributed by atoms with E-state index < -0.39 is 6.03 Å². The molecule has 0 aliphatic carbocycles. The van der Waals surface area contributed by atoms with Crippen molar-refractivity contribution >= 4 is 0 Å². The summed E-state index contributed by atoms with van der Waals surface area (Å²) < 4.78 is 10.4. The van der Waals surface area contributed by atoms with Gasteiger partial charge in [-0.25, -0.2) is 0 Å². The average molecular weight is 209 g/mol. The zero-order valence-corrected chi connectivity index (χ0v) is 8.30.